The molecule has 33 heavy (non-hydrogen) atoms. The molecule has 0 bridgehead atoms. The Hall–Kier alpha value is -2.78. The normalized spacial score (nSPS) is 19.6. The molecule has 3 amide bonds. The molecule has 1 saturated heterocycles. The molecule has 2 heterocycles. The Kier molecular flexibility index (Phi) is 7.86. The van der Waals surface area contributed by atoms with Crippen LogP contribution in [0.2, 0.25) is 5.02 Å². The summed E-state index contributed by atoms with van der Waals surface area (Å²) in [5.41, 5.74) is 0.955. The number of carbonyl (C=O) groups excluding carboxylic acids is 3. The molecule has 1 fully saturated rings. The molecule has 1 atom stereocenters. The van der Waals surface area contributed by atoms with Crippen molar-refractivity contribution < 1.29 is 23.9 Å². The number of rotatable bonds is 5. The maximum absolute atomic E-state index is 12.9. The van der Waals surface area contributed by atoms with Crippen molar-refractivity contribution in [1.29, 1.82) is 0 Å². The zero-order valence-electron chi connectivity index (χ0n) is 19.4. The van der Waals surface area contributed by atoms with Crippen LogP contribution in [0, 0.1) is 0 Å². The van der Waals surface area contributed by atoms with Crippen LogP contribution in [0.15, 0.2) is 35.5 Å². The minimum absolute atomic E-state index is 0.209. The van der Waals surface area contributed by atoms with Gasteiger partial charge in [0, 0.05) is 43.4 Å². The first kappa shape index (κ1) is 24.9. The van der Waals surface area contributed by atoms with Crippen molar-refractivity contribution in [3.8, 4) is 0 Å². The number of ether oxygens (including phenoxy) is 2. The highest BCUT2D eigenvalue weighted by Gasteiger charge is 2.35. The average molecular weight is 479 g/mol. The number of benzene rings is 1. The predicted octanol–water partition coefficient (Wildman–Crippen LogP) is 3.06. The molecule has 1 aromatic rings. The second kappa shape index (κ2) is 10.4. The van der Waals surface area contributed by atoms with Crippen molar-refractivity contribution in [3.05, 3.63) is 46.1 Å². The molecule has 1 aromatic carbocycles. The largest absolute Gasteiger partial charge is 0.463 e. The first-order chi connectivity index (χ1) is 15.6. The predicted molar refractivity (Wildman–Crippen MR) is 124 cm³/mol. The van der Waals surface area contributed by atoms with E-state index >= 15 is 0 Å². The molecular weight excluding hydrogens is 448 g/mol. The second-order valence-electron chi connectivity index (χ2n) is 8.94. The van der Waals surface area contributed by atoms with E-state index in [0.29, 0.717) is 54.6 Å². The number of hydrogen-bond acceptors (Lipinski definition) is 6. The molecule has 0 aliphatic carbocycles. The number of amides is 3. The summed E-state index contributed by atoms with van der Waals surface area (Å²) in [6.07, 6.45) is -0.343. The number of nitrogens with one attached hydrogen (secondary N) is 2. The summed E-state index contributed by atoms with van der Waals surface area (Å²) in [5, 5.41) is 6.09. The van der Waals surface area contributed by atoms with Crippen LogP contribution in [0.5, 0.6) is 0 Å². The summed E-state index contributed by atoms with van der Waals surface area (Å²) in [5.74, 6) is -0.502. The number of esters is 1. The number of nitrogens with zero attached hydrogens (tertiary/aromatic N) is 2. The van der Waals surface area contributed by atoms with Gasteiger partial charge in [0.15, 0.2) is 0 Å². The quantitative estimate of drug-likeness (QED) is 0.631. The Morgan fingerprint density at radius 2 is 1.88 bits per heavy atom. The molecule has 2 aliphatic rings. The van der Waals surface area contributed by atoms with Gasteiger partial charge in [-0.1, -0.05) is 23.7 Å². The summed E-state index contributed by atoms with van der Waals surface area (Å²) in [4.78, 5) is 41.4. The highest BCUT2D eigenvalue weighted by atomic mass is 35.5. The lowest BCUT2D eigenvalue weighted by molar-refractivity contribution is -0.139. The molecule has 0 spiro atoms. The van der Waals surface area contributed by atoms with Crippen LogP contribution in [0.1, 0.15) is 39.3 Å². The molecule has 0 aromatic heterocycles. The van der Waals surface area contributed by atoms with Crippen LogP contribution in [0.4, 0.5) is 9.59 Å². The Balaban J connectivity index is 1.80. The maximum Gasteiger partial charge on any atom is 0.410 e. The van der Waals surface area contributed by atoms with Gasteiger partial charge < -0.3 is 25.0 Å². The molecule has 2 N–H and O–H groups in total. The average Bonchev–Trinajstić information content (AvgIpc) is 2.72. The number of carbonyl (C=O) groups is 3. The van der Waals surface area contributed by atoms with Crippen molar-refractivity contribution in [3.63, 3.8) is 0 Å². The summed E-state index contributed by atoms with van der Waals surface area (Å²) in [6.45, 7) is 9.90. The van der Waals surface area contributed by atoms with Gasteiger partial charge in [-0.25, -0.2) is 14.4 Å². The fraction of sp³-hybridized carbons (Fsp3) is 0.522. The van der Waals surface area contributed by atoms with Gasteiger partial charge >= 0.3 is 18.1 Å². The van der Waals surface area contributed by atoms with E-state index in [-0.39, 0.29) is 12.7 Å². The fourth-order valence-electron chi connectivity index (χ4n) is 3.77. The van der Waals surface area contributed by atoms with Gasteiger partial charge in [0.2, 0.25) is 0 Å². The number of hydrogen-bond donors (Lipinski definition) is 2. The smallest absolute Gasteiger partial charge is 0.410 e. The standard InChI is InChI=1S/C23H31ClN4O5/c1-5-32-20(29)18-17(25-21(30)26-19(18)15-7-6-8-16(24)13-15)14-27-9-11-28(12-10-27)22(31)33-23(2,3)4/h6-8,13,19H,5,9-12,14H2,1-4H3,(H2,25,26,30). The first-order valence-electron chi connectivity index (χ1n) is 11.0. The van der Waals surface area contributed by atoms with E-state index in [4.69, 9.17) is 21.1 Å². The van der Waals surface area contributed by atoms with Gasteiger partial charge in [-0.15, -0.1) is 0 Å². The van der Waals surface area contributed by atoms with E-state index in [9.17, 15) is 14.4 Å². The van der Waals surface area contributed by atoms with Crippen molar-refractivity contribution in [2.24, 2.45) is 0 Å². The number of piperazine rings is 1. The van der Waals surface area contributed by atoms with E-state index in [2.05, 4.69) is 15.5 Å². The van der Waals surface area contributed by atoms with Crippen molar-refractivity contribution in [2.45, 2.75) is 39.3 Å². The second-order valence-corrected chi connectivity index (χ2v) is 9.38. The van der Waals surface area contributed by atoms with Crippen LogP contribution in [0.3, 0.4) is 0 Å². The topological polar surface area (TPSA) is 100 Å². The Morgan fingerprint density at radius 3 is 2.48 bits per heavy atom. The van der Waals surface area contributed by atoms with Crippen LogP contribution < -0.4 is 10.6 Å². The zero-order chi connectivity index (χ0) is 24.2. The fourth-order valence-corrected chi connectivity index (χ4v) is 3.97. The van der Waals surface area contributed by atoms with E-state index in [0.717, 1.165) is 0 Å². The first-order valence-corrected chi connectivity index (χ1v) is 11.4. The number of halogens is 1. The minimum Gasteiger partial charge on any atom is -0.463 e. The van der Waals surface area contributed by atoms with Crippen LogP contribution in [-0.2, 0) is 14.3 Å². The molecule has 9 nitrogen and oxygen atoms in total. The van der Waals surface area contributed by atoms with Crippen molar-refractivity contribution >= 4 is 29.7 Å². The minimum atomic E-state index is -0.686. The number of urea groups is 1. The van der Waals surface area contributed by atoms with Gasteiger partial charge in [0.1, 0.15) is 5.60 Å². The van der Waals surface area contributed by atoms with Gasteiger partial charge in [-0.3, -0.25) is 4.90 Å². The molecule has 10 heteroatoms. The molecule has 0 saturated carbocycles. The highest BCUT2D eigenvalue weighted by Crippen LogP contribution is 2.29. The summed E-state index contributed by atoms with van der Waals surface area (Å²) in [7, 11) is 0. The van der Waals surface area contributed by atoms with Gasteiger partial charge in [0.05, 0.1) is 18.2 Å². The third-order valence-corrected chi connectivity index (χ3v) is 5.47. The van der Waals surface area contributed by atoms with Gasteiger partial charge in [-0.2, -0.15) is 0 Å². The highest BCUT2D eigenvalue weighted by molar-refractivity contribution is 6.30. The lowest BCUT2D eigenvalue weighted by Gasteiger charge is -2.37. The van der Waals surface area contributed by atoms with Gasteiger partial charge in [-0.05, 0) is 45.4 Å². The van der Waals surface area contributed by atoms with Crippen LogP contribution in [0.25, 0.3) is 0 Å². The molecular formula is C23H31ClN4O5. The van der Waals surface area contributed by atoms with Crippen molar-refractivity contribution in [1.82, 2.24) is 20.4 Å². The molecule has 2 aliphatic heterocycles. The van der Waals surface area contributed by atoms with Gasteiger partial charge in [0.25, 0.3) is 0 Å². The molecule has 3 rings (SSSR count). The van der Waals surface area contributed by atoms with E-state index < -0.39 is 23.6 Å². The van der Waals surface area contributed by atoms with Crippen molar-refractivity contribution in [2.75, 3.05) is 39.3 Å². The lowest BCUT2D eigenvalue weighted by atomic mass is 9.95. The molecule has 180 valence electrons. The Morgan fingerprint density at radius 1 is 1.18 bits per heavy atom. The Labute approximate surface area is 199 Å². The molecule has 0 radical (unpaired) electrons. The van der Waals surface area contributed by atoms with Crippen LogP contribution in [-0.4, -0.2) is 72.8 Å². The summed E-state index contributed by atoms with van der Waals surface area (Å²) in [6, 6.07) is 5.93. The monoisotopic (exact) mass is 478 g/mol. The van der Waals surface area contributed by atoms with E-state index in [1.807, 2.05) is 20.8 Å². The zero-order valence-corrected chi connectivity index (χ0v) is 20.2. The third kappa shape index (κ3) is 6.61. The SMILES string of the molecule is CCOC(=O)C1=C(CN2CCN(C(=O)OC(C)(C)C)CC2)NC(=O)NC1c1cccc(Cl)c1. The van der Waals surface area contributed by atoms with Crippen LogP contribution >= 0.6 is 11.6 Å². The van der Waals surface area contributed by atoms with E-state index in [1.54, 1.807) is 36.1 Å². The Bertz CT molecular complexity index is 935. The maximum atomic E-state index is 12.9. The molecule has 1 unspecified atom stereocenters. The van der Waals surface area contributed by atoms with E-state index in [1.165, 1.54) is 0 Å². The summed E-state index contributed by atoms with van der Waals surface area (Å²) < 4.78 is 10.8. The third-order valence-electron chi connectivity index (χ3n) is 5.24. The lowest BCUT2D eigenvalue weighted by Crippen LogP contribution is -2.53. The summed E-state index contributed by atoms with van der Waals surface area (Å²) >= 11 is 6.15.